The summed E-state index contributed by atoms with van der Waals surface area (Å²) in [7, 11) is 1.35. The number of hydrogen-bond acceptors (Lipinski definition) is 7. The second-order valence-corrected chi connectivity index (χ2v) is 4.99. The van der Waals surface area contributed by atoms with Crippen molar-refractivity contribution in [3.05, 3.63) is 36.0 Å². The highest BCUT2D eigenvalue weighted by Crippen LogP contribution is 2.15. The standard InChI is InChI=1S/C16H21N5O2/c1-3-4-5-10-17-14-11-18-21-16(20-14)19-13-8-6-12(7-9-13)15(22)23-2/h6-9,11H,3-5,10H2,1-2H3,(H2,17,19,20,21). The number of anilines is 3. The minimum atomic E-state index is -0.368. The average molecular weight is 315 g/mol. The van der Waals surface area contributed by atoms with Gasteiger partial charge in [-0.2, -0.15) is 10.1 Å². The van der Waals surface area contributed by atoms with Crippen LogP contribution in [0.1, 0.15) is 36.5 Å². The van der Waals surface area contributed by atoms with Crippen LogP contribution in [0.3, 0.4) is 0 Å². The molecule has 2 aromatic rings. The number of ether oxygens (including phenoxy) is 1. The minimum Gasteiger partial charge on any atom is -0.465 e. The lowest BCUT2D eigenvalue weighted by Crippen LogP contribution is -2.07. The molecule has 2 N–H and O–H groups in total. The Labute approximate surface area is 135 Å². The first-order chi connectivity index (χ1) is 11.2. The zero-order valence-electron chi connectivity index (χ0n) is 13.4. The summed E-state index contributed by atoms with van der Waals surface area (Å²) in [5, 5.41) is 14.2. The number of carbonyl (C=O) groups is 1. The van der Waals surface area contributed by atoms with Gasteiger partial charge >= 0.3 is 5.97 Å². The maximum Gasteiger partial charge on any atom is 0.337 e. The maximum absolute atomic E-state index is 11.4. The molecular formula is C16H21N5O2. The molecule has 0 atom stereocenters. The predicted molar refractivity (Wildman–Crippen MR) is 88.9 cm³/mol. The maximum atomic E-state index is 11.4. The summed E-state index contributed by atoms with van der Waals surface area (Å²) in [4.78, 5) is 15.7. The second kappa shape index (κ2) is 8.67. The monoisotopic (exact) mass is 315 g/mol. The molecule has 2 rings (SSSR count). The highest BCUT2D eigenvalue weighted by atomic mass is 16.5. The molecule has 1 aromatic heterocycles. The summed E-state index contributed by atoms with van der Waals surface area (Å²) in [6, 6.07) is 6.87. The number of unbranched alkanes of at least 4 members (excludes halogenated alkanes) is 2. The molecule has 1 aromatic carbocycles. The quantitative estimate of drug-likeness (QED) is 0.571. The zero-order valence-corrected chi connectivity index (χ0v) is 13.4. The molecule has 0 saturated heterocycles. The normalized spacial score (nSPS) is 10.2. The van der Waals surface area contributed by atoms with Crippen LogP contribution in [-0.4, -0.2) is 34.8 Å². The van der Waals surface area contributed by atoms with E-state index in [-0.39, 0.29) is 5.97 Å². The molecule has 0 aliphatic carbocycles. The lowest BCUT2D eigenvalue weighted by atomic mass is 10.2. The molecule has 0 unspecified atom stereocenters. The van der Waals surface area contributed by atoms with Crippen LogP contribution in [0.25, 0.3) is 0 Å². The first kappa shape index (κ1) is 16.7. The van der Waals surface area contributed by atoms with Gasteiger partial charge in [0.25, 0.3) is 0 Å². The number of esters is 1. The number of nitrogens with zero attached hydrogens (tertiary/aromatic N) is 3. The van der Waals surface area contributed by atoms with Crippen molar-refractivity contribution in [1.82, 2.24) is 15.2 Å². The van der Waals surface area contributed by atoms with Crippen molar-refractivity contribution in [2.75, 3.05) is 24.3 Å². The van der Waals surface area contributed by atoms with Crippen LogP contribution in [0.2, 0.25) is 0 Å². The van der Waals surface area contributed by atoms with Gasteiger partial charge in [0.05, 0.1) is 18.9 Å². The molecule has 23 heavy (non-hydrogen) atoms. The molecule has 0 aliphatic heterocycles. The summed E-state index contributed by atoms with van der Waals surface area (Å²) >= 11 is 0. The van der Waals surface area contributed by atoms with E-state index in [2.05, 4.69) is 37.5 Å². The highest BCUT2D eigenvalue weighted by Gasteiger charge is 2.05. The molecule has 1 heterocycles. The van der Waals surface area contributed by atoms with Gasteiger partial charge in [0.15, 0.2) is 5.82 Å². The van der Waals surface area contributed by atoms with E-state index in [4.69, 9.17) is 0 Å². The number of methoxy groups -OCH3 is 1. The molecule has 0 amide bonds. The van der Waals surface area contributed by atoms with Crippen LogP contribution in [0.15, 0.2) is 30.5 Å². The van der Waals surface area contributed by atoms with Gasteiger partial charge in [0, 0.05) is 12.2 Å². The molecule has 0 bridgehead atoms. The van der Waals surface area contributed by atoms with Gasteiger partial charge in [-0.05, 0) is 30.7 Å². The molecule has 122 valence electrons. The fraction of sp³-hybridized carbons (Fsp3) is 0.375. The smallest absolute Gasteiger partial charge is 0.337 e. The van der Waals surface area contributed by atoms with E-state index in [1.807, 2.05) is 0 Å². The molecule has 0 saturated carbocycles. The van der Waals surface area contributed by atoms with Gasteiger partial charge in [-0.1, -0.05) is 19.8 Å². The first-order valence-electron chi connectivity index (χ1n) is 7.62. The van der Waals surface area contributed by atoms with Gasteiger partial charge in [-0.15, -0.1) is 5.10 Å². The van der Waals surface area contributed by atoms with Gasteiger partial charge < -0.3 is 15.4 Å². The number of carbonyl (C=O) groups excluding carboxylic acids is 1. The van der Waals surface area contributed by atoms with Crippen molar-refractivity contribution in [2.45, 2.75) is 26.2 Å². The Kier molecular flexibility index (Phi) is 6.28. The van der Waals surface area contributed by atoms with Crippen molar-refractivity contribution in [3.63, 3.8) is 0 Å². The van der Waals surface area contributed by atoms with Crippen LogP contribution < -0.4 is 10.6 Å². The third kappa shape index (κ3) is 5.21. The summed E-state index contributed by atoms with van der Waals surface area (Å²) in [5.41, 5.74) is 1.26. The van der Waals surface area contributed by atoms with E-state index < -0.39 is 0 Å². The molecule has 0 fully saturated rings. The van der Waals surface area contributed by atoms with Crippen molar-refractivity contribution >= 4 is 23.4 Å². The minimum absolute atomic E-state index is 0.368. The Morgan fingerprint density at radius 2 is 2.00 bits per heavy atom. The molecule has 0 aliphatic rings. The zero-order chi connectivity index (χ0) is 16.5. The Morgan fingerprint density at radius 3 is 2.70 bits per heavy atom. The number of aromatic nitrogens is 3. The van der Waals surface area contributed by atoms with E-state index in [1.54, 1.807) is 30.5 Å². The molecule has 0 radical (unpaired) electrons. The number of benzene rings is 1. The highest BCUT2D eigenvalue weighted by molar-refractivity contribution is 5.89. The van der Waals surface area contributed by atoms with Crippen molar-refractivity contribution < 1.29 is 9.53 Å². The summed E-state index contributed by atoms with van der Waals surface area (Å²) in [6.07, 6.45) is 5.05. The van der Waals surface area contributed by atoms with Crippen LogP contribution in [0, 0.1) is 0 Å². The van der Waals surface area contributed by atoms with E-state index in [9.17, 15) is 4.79 Å². The lowest BCUT2D eigenvalue weighted by Gasteiger charge is -2.08. The van der Waals surface area contributed by atoms with Crippen molar-refractivity contribution in [1.29, 1.82) is 0 Å². The van der Waals surface area contributed by atoms with Gasteiger partial charge in [0.1, 0.15) is 0 Å². The van der Waals surface area contributed by atoms with Gasteiger partial charge in [-0.3, -0.25) is 0 Å². The third-order valence-electron chi connectivity index (χ3n) is 3.21. The number of rotatable bonds is 8. The average Bonchev–Trinajstić information content (AvgIpc) is 2.59. The summed E-state index contributed by atoms with van der Waals surface area (Å²) in [5.74, 6) is 0.717. The van der Waals surface area contributed by atoms with Crippen LogP contribution in [0.5, 0.6) is 0 Å². The van der Waals surface area contributed by atoms with Crippen LogP contribution >= 0.6 is 0 Å². The molecular weight excluding hydrogens is 294 g/mol. The van der Waals surface area contributed by atoms with Gasteiger partial charge in [-0.25, -0.2) is 4.79 Å². The predicted octanol–water partition coefficient (Wildman–Crippen LogP) is 3.00. The summed E-state index contributed by atoms with van der Waals surface area (Å²) < 4.78 is 4.66. The Morgan fingerprint density at radius 1 is 1.22 bits per heavy atom. The molecule has 7 heteroatoms. The fourth-order valence-corrected chi connectivity index (χ4v) is 1.97. The fourth-order valence-electron chi connectivity index (χ4n) is 1.97. The molecule has 0 spiro atoms. The van der Waals surface area contributed by atoms with E-state index in [1.165, 1.54) is 20.0 Å². The summed E-state index contributed by atoms with van der Waals surface area (Å²) in [6.45, 7) is 3.03. The SMILES string of the molecule is CCCCCNc1cnnc(Nc2ccc(C(=O)OC)cc2)n1. The van der Waals surface area contributed by atoms with E-state index in [0.29, 0.717) is 17.3 Å². The Bertz CT molecular complexity index is 631. The Hall–Kier alpha value is -2.70. The lowest BCUT2D eigenvalue weighted by molar-refractivity contribution is 0.0601. The topological polar surface area (TPSA) is 89.0 Å². The van der Waals surface area contributed by atoms with Crippen molar-refractivity contribution in [2.24, 2.45) is 0 Å². The molecule has 7 nitrogen and oxygen atoms in total. The third-order valence-corrected chi connectivity index (χ3v) is 3.21. The number of hydrogen-bond donors (Lipinski definition) is 2. The van der Waals surface area contributed by atoms with E-state index in [0.717, 1.165) is 18.7 Å². The van der Waals surface area contributed by atoms with Crippen molar-refractivity contribution in [3.8, 4) is 0 Å². The second-order valence-electron chi connectivity index (χ2n) is 4.99. The van der Waals surface area contributed by atoms with E-state index >= 15 is 0 Å². The van der Waals surface area contributed by atoms with Crippen LogP contribution in [-0.2, 0) is 4.74 Å². The largest absolute Gasteiger partial charge is 0.465 e. The number of nitrogens with one attached hydrogen (secondary N) is 2. The Balaban J connectivity index is 1.95. The van der Waals surface area contributed by atoms with Gasteiger partial charge in [0.2, 0.25) is 5.95 Å². The van der Waals surface area contributed by atoms with Crippen LogP contribution in [0.4, 0.5) is 17.5 Å². The first-order valence-corrected chi connectivity index (χ1v) is 7.62.